The Morgan fingerprint density at radius 2 is 1.86 bits per heavy atom. The van der Waals surface area contributed by atoms with Crippen LogP contribution in [0.4, 0.5) is 5.69 Å². The summed E-state index contributed by atoms with van der Waals surface area (Å²) in [6.07, 6.45) is 1.35. The quantitative estimate of drug-likeness (QED) is 0.184. The van der Waals surface area contributed by atoms with E-state index in [0.717, 1.165) is 30.9 Å². The monoisotopic (exact) mass is 493 g/mol. The average Bonchev–Trinajstić information content (AvgIpc) is 3.37. The highest BCUT2D eigenvalue weighted by Crippen LogP contribution is 2.41. The number of nitrogens with zero attached hydrogens (tertiary/aromatic N) is 3. The highest BCUT2D eigenvalue weighted by atomic mass is 16.6. The minimum Gasteiger partial charge on any atom is -0.507 e. The number of carbonyl (C=O) groups excluding carboxylic acids is 2. The van der Waals surface area contributed by atoms with E-state index in [1.165, 1.54) is 29.2 Å². The van der Waals surface area contributed by atoms with Crippen molar-refractivity contribution in [1.82, 2.24) is 9.80 Å². The fourth-order valence-electron chi connectivity index (χ4n) is 4.96. The van der Waals surface area contributed by atoms with Gasteiger partial charge >= 0.3 is 0 Å². The molecule has 0 aromatic heterocycles. The van der Waals surface area contributed by atoms with Gasteiger partial charge in [0.2, 0.25) is 0 Å². The maximum atomic E-state index is 13.2. The molecule has 1 saturated heterocycles. The molecule has 0 spiro atoms. The number of benzene rings is 2. The van der Waals surface area contributed by atoms with E-state index >= 15 is 0 Å². The highest BCUT2D eigenvalue weighted by Gasteiger charge is 2.46. The second-order valence-electron chi connectivity index (χ2n) is 9.18. The van der Waals surface area contributed by atoms with E-state index < -0.39 is 22.7 Å². The molecule has 9 nitrogen and oxygen atoms in total. The fraction of sp³-hybridized carbons (Fsp3) is 0.407. The van der Waals surface area contributed by atoms with E-state index in [1.54, 1.807) is 18.2 Å². The molecule has 0 radical (unpaired) electrons. The van der Waals surface area contributed by atoms with Crippen molar-refractivity contribution < 1.29 is 24.4 Å². The number of aliphatic hydroxyl groups is 1. The second-order valence-corrected chi connectivity index (χ2v) is 9.18. The predicted molar refractivity (Wildman–Crippen MR) is 135 cm³/mol. The number of carbonyl (C=O) groups is 2. The van der Waals surface area contributed by atoms with E-state index in [0.29, 0.717) is 30.5 Å². The lowest BCUT2D eigenvalue weighted by molar-refractivity contribution is -0.384. The summed E-state index contributed by atoms with van der Waals surface area (Å²) in [4.78, 5) is 40.7. The molecule has 0 unspecified atom stereocenters. The second kappa shape index (κ2) is 10.5. The number of amides is 1. The molecule has 0 bridgehead atoms. The third kappa shape index (κ3) is 4.83. The molecule has 1 amide bonds. The zero-order valence-corrected chi connectivity index (χ0v) is 20.8. The summed E-state index contributed by atoms with van der Waals surface area (Å²) in [6, 6.07) is 10.1. The van der Waals surface area contributed by atoms with Crippen LogP contribution in [0.2, 0.25) is 0 Å². The molecule has 1 fully saturated rings. The van der Waals surface area contributed by atoms with Crippen molar-refractivity contribution in [1.29, 1.82) is 0 Å². The van der Waals surface area contributed by atoms with E-state index in [4.69, 9.17) is 4.74 Å². The Bertz CT molecular complexity index is 1200. The lowest BCUT2D eigenvalue weighted by atomic mass is 9.94. The summed E-state index contributed by atoms with van der Waals surface area (Å²) >= 11 is 0. The maximum Gasteiger partial charge on any atom is 0.295 e. The Balaban J connectivity index is 1.74. The number of Topliss-reactive ketones (excluding diaryl/α,β-unsaturated/α-hetero) is 1. The van der Waals surface area contributed by atoms with E-state index in [1.807, 2.05) is 6.92 Å². The van der Waals surface area contributed by atoms with Crippen LogP contribution in [-0.4, -0.2) is 63.8 Å². The molecular weight excluding hydrogens is 462 g/mol. The first-order valence-corrected chi connectivity index (χ1v) is 12.3. The van der Waals surface area contributed by atoms with Gasteiger partial charge in [-0.2, -0.15) is 0 Å². The van der Waals surface area contributed by atoms with Gasteiger partial charge in [-0.15, -0.1) is 0 Å². The first-order chi connectivity index (χ1) is 17.2. The molecule has 4 rings (SSSR count). The summed E-state index contributed by atoms with van der Waals surface area (Å²) in [7, 11) is 0. The van der Waals surface area contributed by atoms with Crippen molar-refractivity contribution in [2.24, 2.45) is 0 Å². The molecule has 2 aliphatic rings. The normalized spacial score (nSPS) is 20.6. The van der Waals surface area contributed by atoms with Gasteiger partial charge in [0.25, 0.3) is 17.4 Å². The zero-order chi connectivity index (χ0) is 26.0. The summed E-state index contributed by atoms with van der Waals surface area (Å²) in [5, 5.41) is 22.5. The first kappa shape index (κ1) is 25.4. The van der Waals surface area contributed by atoms with Gasteiger partial charge in [0.15, 0.2) is 0 Å². The summed E-state index contributed by atoms with van der Waals surface area (Å²) in [5.74, 6) is -0.963. The summed E-state index contributed by atoms with van der Waals surface area (Å²) < 4.78 is 5.74. The van der Waals surface area contributed by atoms with Crippen LogP contribution >= 0.6 is 0 Å². The first-order valence-electron chi connectivity index (χ1n) is 12.3. The number of non-ortho nitro benzene ring substituents is 1. The van der Waals surface area contributed by atoms with Gasteiger partial charge in [0, 0.05) is 30.7 Å². The number of ketones is 1. The number of ether oxygens (including phenoxy) is 1. The van der Waals surface area contributed by atoms with Crippen LogP contribution in [0.5, 0.6) is 5.75 Å². The molecule has 2 atom stereocenters. The Morgan fingerprint density at radius 1 is 1.17 bits per heavy atom. The van der Waals surface area contributed by atoms with Crippen LogP contribution in [0, 0.1) is 10.1 Å². The van der Waals surface area contributed by atoms with Gasteiger partial charge in [-0.05, 0) is 74.4 Å². The lowest BCUT2D eigenvalue weighted by Gasteiger charge is -2.26. The lowest BCUT2D eigenvalue weighted by Crippen LogP contribution is -2.33. The molecular formula is C27H31N3O6. The molecule has 2 aromatic rings. The topological polar surface area (TPSA) is 113 Å². The SMILES string of the molecule is CCN(CC)CCCN1C(=O)C(=O)/C(=C(/O)c2ccc3c(c2)C[C@@H](C)O3)[C@@H]1c1ccc([N+](=O)[O-])cc1. The third-order valence-corrected chi connectivity index (χ3v) is 6.90. The standard InChI is InChI=1S/C27H31N3O6/c1-4-28(5-2)13-6-14-29-24(18-7-10-21(11-8-18)30(34)35)23(26(32)27(29)33)25(31)19-9-12-22-20(16-19)15-17(3)36-22/h7-12,16-17,24,31H,4-6,13-15H2,1-3H3/b25-23+/t17-,24+/m1/s1. The van der Waals surface area contributed by atoms with Crippen LogP contribution in [0.3, 0.4) is 0 Å². The number of fused-ring (bicyclic) bond motifs is 1. The van der Waals surface area contributed by atoms with Crippen molar-refractivity contribution in [3.63, 3.8) is 0 Å². The van der Waals surface area contributed by atoms with Gasteiger partial charge < -0.3 is 19.6 Å². The Morgan fingerprint density at radius 3 is 2.50 bits per heavy atom. The van der Waals surface area contributed by atoms with Crippen LogP contribution < -0.4 is 4.74 Å². The summed E-state index contributed by atoms with van der Waals surface area (Å²) in [6.45, 7) is 8.91. The molecule has 0 saturated carbocycles. The number of rotatable bonds is 9. The number of hydrogen-bond donors (Lipinski definition) is 1. The van der Waals surface area contributed by atoms with Crippen LogP contribution in [0.25, 0.3) is 5.76 Å². The summed E-state index contributed by atoms with van der Waals surface area (Å²) in [5.41, 5.74) is 1.78. The fourth-order valence-corrected chi connectivity index (χ4v) is 4.96. The van der Waals surface area contributed by atoms with E-state index in [9.17, 15) is 24.8 Å². The molecule has 2 heterocycles. The largest absolute Gasteiger partial charge is 0.507 e. The highest BCUT2D eigenvalue weighted by molar-refractivity contribution is 6.46. The van der Waals surface area contributed by atoms with Gasteiger partial charge in [-0.25, -0.2) is 0 Å². The van der Waals surface area contributed by atoms with Crippen molar-refractivity contribution in [3.8, 4) is 5.75 Å². The van der Waals surface area contributed by atoms with Crippen molar-refractivity contribution in [3.05, 3.63) is 74.8 Å². The number of nitro groups is 1. The van der Waals surface area contributed by atoms with Crippen LogP contribution in [0.1, 0.15) is 49.9 Å². The number of hydrogen-bond acceptors (Lipinski definition) is 7. The molecule has 36 heavy (non-hydrogen) atoms. The third-order valence-electron chi connectivity index (χ3n) is 6.90. The van der Waals surface area contributed by atoms with Gasteiger partial charge in [0.05, 0.1) is 16.5 Å². The van der Waals surface area contributed by atoms with Gasteiger partial charge in [-0.1, -0.05) is 13.8 Å². The van der Waals surface area contributed by atoms with Crippen molar-refractivity contribution >= 4 is 23.1 Å². The molecule has 2 aromatic carbocycles. The van der Waals surface area contributed by atoms with Crippen molar-refractivity contribution in [2.45, 2.75) is 45.8 Å². The van der Waals surface area contributed by atoms with Crippen LogP contribution in [0.15, 0.2) is 48.0 Å². The number of likely N-dealkylation sites (tertiary alicyclic amines) is 1. The Labute approximate surface area is 210 Å². The maximum absolute atomic E-state index is 13.2. The zero-order valence-electron chi connectivity index (χ0n) is 20.8. The predicted octanol–water partition coefficient (Wildman–Crippen LogP) is 4.07. The average molecular weight is 494 g/mol. The molecule has 9 heteroatoms. The number of nitro benzene ring substituents is 1. The Kier molecular flexibility index (Phi) is 7.40. The van der Waals surface area contributed by atoms with E-state index in [2.05, 4.69) is 18.7 Å². The van der Waals surface area contributed by atoms with Crippen LogP contribution in [-0.2, 0) is 16.0 Å². The minimum absolute atomic E-state index is 0.0105. The molecule has 1 N–H and O–H groups in total. The minimum atomic E-state index is -0.842. The number of aliphatic hydroxyl groups excluding tert-OH is 1. The molecule has 0 aliphatic carbocycles. The smallest absolute Gasteiger partial charge is 0.295 e. The van der Waals surface area contributed by atoms with E-state index in [-0.39, 0.29) is 23.1 Å². The van der Waals surface area contributed by atoms with Gasteiger partial charge in [-0.3, -0.25) is 19.7 Å². The molecule has 2 aliphatic heterocycles. The van der Waals surface area contributed by atoms with Crippen molar-refractivity contribution in [2.75, 3.05) is 26.2 Å². The molecule has 190 valence electrons. The Hall–Kier alpha value is -3.72. The van der Waals surface area contributed by atoms with Gasteiger partial charge in [0.1, 0.15) is 17.6 Å².